The lowest BCUT2D eigenvalue weighted by Gasteiger charge is -2.35. The van der Waals surface area contributed by atoms with E-state index in [0.29, 0.717) is 18.5 Å². The highest BCUT2D eigenvalue weighted by atomic mass is 16.3. The third-order valence-electron chi connectivity index (χ3n) is 6.03. The van der Waals surface area contributed by atoms with Gasteiger partial charge in [-0.25, -0.2) is 0 Å². The predicted molar refractivity (Wildman–Crippen MR) is 104 cm³/mol. The zero-order valence-corrected chi connectivity index (χ0v) is 16.2. The van der Waals surface area contributed by atoms with Crippen molar-refractivity contribution < 1.29 is 9.90 Å². The molecule has 1 N–H and O–H groups in total. The Kier molecular flexibility index (Phi) is 6.68. The van der Waals surface area contributed by atoms with Gasteiger partial charge in [-0.05, 0) is 69.9 Å². The van der Waals surface area contributed by atoms with Crippen molar-refractivity contribution in [2.45, 2.75) is 38.3 Å². The van der Waals surface area contributed by atoms with E-state index in [0.717, 1.165) is 57.4 Å². The van der Waals surface area contributed by atoms with E-state index >= 15 is 0 Å². The van der Waals surface area contributed by atoms with Gasteiger partial charge in [0.15, 0.2) is 0 Å². The Morgan fingerprint density at radius 2 is 1.92 bits per heavy atom. The number of nitrogens with zero attached hydrogens (tertiary/aromatic N) is 3. The molecule has 3 rings (SSSR count). The van der Waals surface area contributed by atoms with Gasteiger partial charge in [0.1, 0.15) is 0 Å². The number of aliphatic hydroxyl groups excluding tert-OH is 1. The van der Waals surface area contributed by atoms with Crippen molar-refractivity contribution in [2.24, 2.45) is 5.92 Å². The first-order valence-electron chi connectivity index (χ1n) is 9.90. The van der Waals surface area contributed by atoms with Crippen molar-refractivity contribution in [1.82, 2.24) is 14.7 Å². The summed E-state index contributed by atoms with van der Waals surface area (Å²) in [6.45, 7) is 4.63. The topological polar surface area (TPSA) is 47.0 Å². The average Bonchev–Trinajstić information content (AvgIpc) is 3.11. The number of carbonyl (C=O) groups is 1. The molecule has 0 aromatic heterocycles. The number of rotatable bonds is 6. The highest BCUT2D eigenvalue weighted by molar-refractivity contribution is 5.78. The highest BCUT2D eigenvalue weighted by Gasteiger charge is 2.28. The maximum absolute atomic E-state index is 12.7. The van der Waals surface area contributed by atoms with Crippen LogP contribution in [-0.2, 0) is 17.8 Å². The lowest BCUT2D eigenvalue weighted by atomic mass is 9.97. The Morgan fingerprint density at radius 3 is 2.65 bits per heavy atom. The first-order valence-corrected chi connectivity index (χ1v) is 9.90. The normalized spacial score (nSPS) is 22.3. The molecular weight excluding hydrogens is 326 g/mol. The van der Waals surface area contributed by atoms with Gasteiger partial charge < -0.3 is 14.9 Å². The molecule has 0 aliphatic carbocycles. The van der Waals surface area contributed by atoms with Crippen LogP contribution in [0.15, 0.2) is 24.3 Å². The predicted octanol–water partition coefficient (Wildman–Crippen LogP) is 1.60. The Labute approximate surface area is 157 Å². The SMILES string of the molecule is CN1CCC(N(C)CC(=O)N2CC[C@@H](Cc3cccc(CO)c3)C2)CC1. The van der Waals surface area contributed by atoms with E-state index in [2.05, 4.69) is 36.0 Å². The fourth-order valence-electron chi connectivity index (χ4n) is 4.29. The molecule has 1 aromatic rings. The van der Waals surface area contributed by atoms with Gasteiger partial charge in [0.25, 0.3) is 0 Å². The summed E-state index contributed by atoms with van der Waals surface area (Å²) in [5.41, 5.74) is 2.23. The highest BCUT2D eigenvalue weighted by Crippen LogP contribution is 2.22. The van der Waals surface area contributed by atoms with Crippen molar-refractivity contribution in [2.75, 3.05) is 46.8 Å². The zero-order valence-electron chi connectivity index (χ0n) is 16.2. The summed E-state index contributed by atoms with van der Waals surface area (Å²) in [6.07, 6.45) is 4.38. The summed E-state index contributed by atoms with van der Waals surface area (Å²) in [5, 5.41) is 9.28. The molecule has 0 saturated carbocycles. The molecule has 2 fully saturated rings. The molecular formula is C21H33N3O2. The van der Waals surface area contributed by atoms with Crippen LogP contribution in [0.4, 0.5) is 0 Å². The van der Waals surface area contributed by atoms with E-state index in [4.69, 9.17) is 0 Å². The third kappa shape index (κ3) is 5.06. The Balaban J connectivity index is 1.46. The minimum atomic E-state index is 0.0897. The zero-order chi connectivity index (χ0) is 18.5. The minimum absolute atomic E-state index is 0.0897. The molecule has 2 heterocycles. The Hall–Kier alpha value is -1.43. The number of amides is 1. The van der Waals surface area contributed by atoms with Crippen LogP contribution in [-0.4, -0.2) is 78.6 Å². The quantitative estimate of drug-likeness (QED) is 0.838. The first-order chi connectivity index (χ1) is 12.5. The molecule has 1 amide bonds. The molecule has 0 unspecified atom stereocenters. The van der Waals surface area contributed by atoms with E-state index in [9.17, 15) is 9.90 Å². The lowest BCUT2D eigenvalue weighted by Crippen LogP contribution is -2.46. The van der Waals surface area contributed by atoms with E-state index in [1.807, 2.05) is 17.0 Å². The fraction of sp³-hybridized carbons (Fsp3) is 0.667. The molecule has 1 atom stereocenters. The first kappa shape index (κ1) is 19.3. The van der Waals surface area contributed by atoms with Gasteiger partial charge in [-0.1, -0.05) is 24.3 Å². The van der Waals surface area contributed by atoms with Crippen LogP contribution in [0, 0.1) is 5.92 Å². The second kappa shape index (κ2) is 8.98. The number of carbonyl (C=O) groups excluding carboxylic acids is 1. The van der Waals surface area contributed by atoms with Crippen molar-refractivity contribution >= 4 is 5.91 Å². The molecule has 2 aliphatic heterocycles. The molecule has 26 heavy (non-hydrogen) atoms. The lowest BCUT2D eigenvalue weighted by molar-refractivity contribution is -0.131. The maximum Gasteiger partial charge on any atom is 0.236 e. The van der Waals surface area contributed by atoms with Crippen molar-refractivity contribution in [1.29, 1.82) is 0 Å². The van der Waals surface area contributed by atoms with Crippen molar-refractivity contribution in [3.8, 4) is 0 Å². The van der Waals surface area contributed by atoms with Gasteiger partial charge >= 0.3 is 0 Å². The van der Waals surface area contributed by atoms with Gasteiger partial charge in [-0.3, -0.25) is 9.69 Å². The molecule has 2 aliphatic rings. The Bertz CT molecular complexity index is 599. The number of likely N-dealkylation sites (tertiary alicyclic amines) is 2. The third-order valence-corrected chi connectivity index (χ3v) is 6.03. The number of hydrogen-bond donors (Lipinski definition) is 1. The van der Waals surface area contributed by atoms with Crippen LogP contribution in [0.1, 0.15) is 30.4 Å². The molecule has 5 heteroatoms. The second-order valence-corrected chi connectivity index (χ2v) is 8.13. The van der Waals surface area contributed by atoms with Crippen molar-refractivity contribution in [3.05, 3.63) is 35.4 Å². The van der Waals surface area contributed by atoms with Crippen LogP contribution in [0.3, 0.4) is 0 Å². The van der Waals surface area contributed by atoms with Gasteiger partial charge in [0, 0.05) is 19.1 Å². The largest absolute Gasteiger partial charge is 0.392 e. The monoisotopic (exact) mass is 359 g/mol. The standard InChI is InChI=1S/C21H33N3O2/c1-22-9-7-20(8-10-22)23(2)15-21(26)24-11-6-18(14-24)12-17-4-3-5-19(13-17)16-25/h3-5,13,18,20,25H,6-12,14-16H2,1-2H3/t18-/m0/s1. The van der Waals surface area contributed by atoms with Crippen molar-refractivity contribution in [3.63, 3.8) is 0 Å². The van der Waals surface area contributed by atoms with E-state index in [1.165, 1.54) is 5.56 Å². The summed E-state index contributed by atoms with van der Waals surface area (Å²) < 4.78 is 0. The van der Waals surface area contributed by atoms with Crippen LogP contribution < -0.4 is 0 Å². The Morgan fingerprint density at radius 1 is 1.19 bits per heavy atom. The molecule has 2 saturated heterocycles. The van der Waals surface area contributed by atoms with E-state index in [-0.39, 0.29) is 12.5 Å². The number of likely N-dealkylation sites (N-methyl/N-ethyl adjacent to an activating group) is 1. The van der Waals surface area contributed by atoms with Gasteiger partial charge in [-0.2, -0.15) is 0 Å². The second-order valence-electron chi connectivity index (χ2n) is 8.13. The summed E-state index contributed by atoms with van der Waals surface area (Å²) >= 11 is 0. The van der Waals surface area contributed by atoms with Crippen LogP contribution >= 0.6 is 0 Å². The molecule has 0 bridgehead atoms. The number of benzene rings is 1. The molecule has 5 nitrogen and oxygen atoms in total. The van der Waals surface area contributed by atoms with E-state index < -0.39 is 0 Å². The summed E-state index contributed by atoms with van der Waals surface area (Å²) in [5.74, 6) is 0.805. The smallest absolute Gasteiger partial charge is 0.236 e. The van der Waals surface area contributed by atoms with Gasteiger partial charge in [0.2, 0.25) is 5.91 Å². The molecule has 0 radical (unpaired) electrons. The van der Waals surface area contributed by atoms with Crippen LogP contribution in [0.25, 0.3) is 0 Å². The number of aliphatic hydroxyl groups is 1. The molecule has 0 spiro atoms. The average molecular weight is 360 g/mol. The van der Waals surface area contributed by atoms with Gasteiger partial charge in [-0.15, -0.1) is 0 Å². The van der Waals surface area contributed by atoms with Crippen LogP contribution in [0.2, 0.25) is 0 Å². The van der Waals surface area contributed by atoms with E-state index in [1.54, 1.807) is 0 Å². The number of hydrogen-bond acceptors (Lipinski definition) is 4. The number of piperidine rings is 1. The summed E-state index contributed by atoms with van der Waals surface area (Å²) in [4.78, 5) is 19.4. The van der Waals surface area contributed by atoms with Crippen LogP contribution in [0.5, 0.6) is 0 Å². The maximum atomic E-state index is 12.7. The summed E-state index contributed by atoms with van der Waals surface area (Å²) in [6, 6.07) is 8.70. The summed E-state index contributed by atoms with van der Waals surface area (Å²) in [7, 11) is 4.27. The van der Waals surface area contributed by atoms with Gasteiger partial charge in [0.05, 0.1) is 13.2 Å². The fourth-order valence-corrected chi connectivity index (χ4v) is 4.29. The minimum Gasteiger partial charge on any atom is -0.392 e. The molecule has 1 aromatic carbocycles. The molecule has 144 valence electrons.